The molecule has 2 unspecified atom stereocenters. The number of nitrogens with two attached hydrogens (primary N) is 1. The molecule has 0 aliphatic heterocycles. The number of carbonyl (C=O) groups is 3. The zero-order valence-corrected chi connectivity index (χ0v) is 28.1. The van der Waals surface area contributed by atoms with Crippen molar-refractivity contribution in [3.05, 3.63) is 45.2 Å². The number of fused-ring (bicyclic) bond motifs is 4. The van der Waals surface area contributed by atoms with Crippen LogP contribution in [-0.4, -0.2) is 86.5 Å². The highest BCUT2D eigenvalue weighted by Crippen LogP contribution is 2.65. The number of primary amides is 1. The van der Waals surface area contributed by atoms with Crippen molar-refractivity contribution in [1.82, 2.24) is 9.80 Å². The van der Waals surface area contributed by atoms with Gasteiger partial charge in [-0.25, -0.2) is 0 Å². The number of aromatic hydroxyl groups is 1. The van der Waals surface area contributed by atoms with Crippen molar-refractivity contribution in [2.75, 3.05) is 27.2 Å². The zero-order chi connectivity index (χ0) is 35.7. The van der Waals surface area contributed by atoms with Gasteiger partial charge in [-0.1, -0.05) is 13.8 Å². The predicted molar refractivity (Wildman–Crippen MR) is 171 cm³/mol. The summed E-state index contributed by atoms with van der Waals surface area (Å²) in [5, 5.41) is 45.6. The molecule has 7 atom stereocenters. The third-order valence-electron chi connectivity index (χ3n) is 12.9. The number of aliphatic hydroxyl groups is 3. The van der Waals surface area contributed by atoms with Crippen molar-refractivity contribution in [1.29, 1.82) is 0 Å². The van der Waals surface area contributed by atoms with Crippen molar-refractivity contribution in [2.45, 2.75) is 76.7 Å². The summed E-state index contributed by atoms with van der Waals surface area (Å²) in [5.74, 6) is -6.94. The number of halogens is 3. The number of alkyl halides is 3. The molecule has 2 bridgehead atoms. The molecule has 1 amide bonds. The summed E-state index contributed by atoms with van der Waals surface area (Å²) >= 11 is 0. The maximum atomic E-state index is 15.2. The van der Waals surface area contributed by atoms with Crippen molar-refractivity contribution in [2.24, 2.45) is 46.7 Å². The van der Waals surface area contributed by atoms with Crippen LogP contribution in [0.25, 0.3) is 5.76 Å². The monoisotopic (exact) mass is 687 g/mol. The number of likely N-dealkylation sites (N-methyl/N-ethyl adjacent to an activating group) is 1. The fourth-order valence-electron chi connectivity index (χ4n) is 10.3. The summed E-state index contributed by atoms with van der Waals surface area (Å²) in [7, 11) is 2.92. The standard InChI is InChI=1S/C36H44F3N3O7/c1-34(2)19-7-17(21(34)11-19)13-42(12-15-5-6-15)14-18-10-23(43)25-20(27(18)36(37,38)39)8-16-9-22-28(41(3)4)30(45)26(33(40)48)32(47)35(22,49)31(46)24(16)29(25)44/h10,15-17,19,21-22,28,43-44,47,49H,5-9,11-14H2,1-4H3,(H2,40,48)/t16-,17+,19?,21?,22-,28-,35-/m0/s1. The molecular weight excluding hydrogens is 643 g/mol. The fourth-order valence-corrected chi connectivity index (χ4v) is 10.3. The Labute approximate surface area is 282 Å². The Morgan fingerprint density at radius 2 is 1.71 bits per heavy atom. The molecule has 13 heteroatoms. The molecule has 7 aliphatic rings. The number of hydrogen-bond donors (Lipinski definition) is 5. The van der Waals surface area contributed by atoms with E-state index in [4.69, 9.17) is 5.73 Å². The molecule has 0 aromatic heterocycles. The van der Waals surface area contributed by atoms with Crippen LogP contribution in [0.3, 0.4) is 0 Å². The highest BCUT2D eigenvalue weighted by Gasteiger charge is 2.64. The zero-order valence-electron chi connectivity index (χ0n) is 28.1. The second-order valence-electron chi connectivity index (χ2n) is 16.2. The highest BCUT2D eigenvalue weighted by atomic mass is 19.4. The van der Waals surface area contributed by atoms with Crippen LogP contribution in [0.1, 0.15) is 68.2 Å². The number of benzene rings is 1. The smallest absolute Gasteiger partial charge is 0.417 e. The predicted octanol–water partition coefficient (Wildman–Crippen LogP) is 3.88. The normalized spacial score (nSPS) is 33.5. The van der Waals surface area contributed by atoms with E-state index in [-0.39, 0.29) is 29.5 Å². The molecule has 0 spiro atoms. The SMILES string of the molecule is CN(C)[C@@H]1C(=O)C(C(N)=O)=C(O)[C@@]2(O)C(=O)C3=C(O)c4c(O)cc(CN(CC5CC5)C[C@H]5CC6CC5C6(C)C)c(C(F)(F)F)c4C[C@H]3C[C@@H]12. The van der Waals surface area contributed by atoms with Crippen molar-refractivity contribution < 1.29 is 48.0 Å². The molecule has 0 radical (unpaired) electrons. The number of aliphatic hydroxyl groups excluding tert-OH is 2. The summed E-state index contributed by atoms with van der Waals surface area (Å²) < 4.78 is 45.5. The summed E-state index contributed by atoms with van der Waals surface area (Å²) in [6.07, 6.45) is -1.36. The van der Waals surface area contributed by atoms with Gasteiger partial charge in [0.25, 0.3) is 5.91 Å². The van der Waals surface area contributed by atoms with Crippen LogP contribution in [0.5, 0.6) is 5.75 Å². The Morgan fingerprint density at radius 3 is 2.24 bits per heavy atom. The Hall–Kier alpha value is -3.42. The molecule has 7 aliphatic carbocycles. The van der Waals surface area contributed by atoms with E-state index in [1.54, 1.807) is 0 Å². The first-order valence-corrected chi connectivity index (χ1v) is 17.1. The molecule has 266 valence electrons. The molecule has 5 fully saturated rings. The average Bonchev–Trinajstić information content (AvgIpc) is 3.61. The van der Waals surface area contributed by atoms with E-state index in [2.05, 4.69) is 18.7 Å². The first-order chi connectivity index (χ1) is 22.8. The second kappa shape index (κ2) is 11.0. The minimum Gasteiger partial charge on any atom is -0.508 e. The van der Waals surface area contributed by atoms with Gasteiger partial charge in [0.05, 0.1) is 17.2 Å². The topological polar surface area (TPSA) is 165 Å². The third kappa shape index (κ3) is 4.97. The molecule has 1 aromatic carbocycles. The fraction of sp³-hybridized carbons (Fsp3) is 0.639. The summed E-state index contributed by atoms with van der Waals surface area (Å²) in [4.78, 5) is 43.1. The summed E-state index contributed by atoms with van der Waals surface area (Å²) in [6.45, 7) is 5.80. The van der Waals surface area contributed by atoms with Gasteiger partial charge >= 0.3 is 6.18 Å². The largest absolute Gasteiger partial charge is 0.508 e. The minimum absolute atomic E-state index is 0.0461. The van der Waals surface area contributed by atoms with Gasteiger partial charge < -0.3 is 26.2 Å². The number of Topliss-reactive ketones (excluding diaryl/α,β-unsaturated/α-hetero) is 2. The number of amides is 1. The Bertz CT molecular complexity index is 1730. The van der Waals surface area contributed by atoms with Gasteiger partial charge in [0.2, 0.25) is 5.78 Å². The Balaban J connectivity index is 1.31. The third-order valence-corrected chi connectivity index (χ3v) is 12.9. The Morgan fingerprint density at radius 1 is 1.04 bits per heavy atom. The van der Waals surface area contributed by atoms with E-state index in [1.807, 2.05) is 0 Å². The van der Waals surface area contributed by atoms with E-state index in [1.165, 1.54) is 19.0 Å². The van der Waals surface area contributed by atoms with Crippen LogP contribution in [0, 0.1) is 40.9 Å². The molecule has 1 aromatic rings. The van der Waals surface area contributed by atoms with E-state index >= 15 is 13.2 Å². The van der Waals surface area contributed by atoms with Crippen molar-refractivity contribution in [3.8, 4) is 5.75 Å². The number of nitrogens with zero attached hydrogens (tertiary/aromatic N) is 2. The molecule has 6 N–H and O–H groups in total. The van der Waals surface area contributed by atoms with Crippen molar-refractivity contribution >= 4 is 23.2 Å². The van der Waals surface area contributed by atoms with Crippen LogP contribution in [-0.2, 0) is 33.5 Å². The lowest BCUT2D eigenvalue weighted by Crippen LogP contribution is -2.65. The van der Waals surface area contributed by atoms with E-state index in [0.717, 1.165) is 31.7 Å². The summed E-state index contributed by atoms with van der Waals surface area (Å²) in [5.41, 5.74) is -0.728. The van der Waals surface area contributed by atoms with Gasteiger partial charge in [-0.15, -0.1) is 0 Å². The molecule has 10 nitrogen and oxygen atoms in total. The van der Waals surface area contributed by atoms with Gasteiger partial charge in [-0.3, -0.25) is 24.2 Å². The highest BCUT2D eigenvalue weighted by molar-refractivity contribution is 6.24. The average molecular weight is 688 g/mol. The first-order valence-electron chi connectivity index (χ1n) is 17.1. The van der Waals surface area contributed by atoms with Crippen molar-refractivity contribution in [3.63, 3.8) is 0 Å². The van der Waals surface area contributed by atoms with Crippen LogP contribution >= 0.6 is 0 Å². The summed E-state index contributed by atoms with van der Waals surface area (Å²) in [6, 6.07) is -0.312. The number of phenolic OH excluding ortho intramolecular Hbond substituents is 1. The number of rotatable bonds is 8. The first kappa shape index (κ1) is 34.0. The quantitative estimate of drug-likeness (QED) is 0.255. The van der Waals surface area contributed by atoms with Crippen LogP contribution in [0.2, 0.25) is 0 Å². The lowest BCUT2D eigenvalue weighted by atomic mass is 9.57. The Kier molecular flexibility index (Phi) is 7.67. The molecule has 0 heterocycles. The minimum atomic E-state index is -4.88. The number of hydrogen-bond acceptors (Lipinski definition) is 9. The van der Waals surface area contributed by atoms with Gasteiger partial charge in [0.1, 0.15) is 22.8 Å². The molecule has 8 rings (SSSR count). The molecular formula is C36H44F3N3O7. The van der Waals surface area contributed by atoms with Gasteiger partial charge in [-0.2, -0.15) is 13.2 Å². The van der Waals surface area contributed by atoms with Gasteiger partial charge in [-0.05, 0) is 105 Å². The van der Waals surface area contributed by atoms with E-state index < -0.39 is 93.1 Å². The molecule has 49 heavy (non-hydrogen) atoms. The van der Waals surface area contributed by atoms with Crippen LogP contribution in [0.15, 0.2) is 23.0 Å². The number of ketones is 2. The molecule has 5 saturated carbocycles. The maximum absolute atomic E-state index is 15.2. The lowest BCUT2D eigenvalue weighted by Gasteiger charge is -2.50. The second-order valence-corrected chi connectivity index (χ2v) is 16.2. The van der Waals surface area contributed by atoms with Crippen LogP contribution in [0.4, 0.5) is 13.2 Å². The van der Waals surface area contributed by atoms with E-state index in [0.29, 0.717) is 36.8 Å². The van der Waals surface area contributed by atoms with Gasteiger partial charge in [0, 0.05) is 31.1 Å². The number of carbonyl (C=O) groups excluding carboxylic acids is 3. The van der Waals surface area contributed by atoms with E-state index in [9.17, 15) is 34.8 Å². The molecule has 0 saturated heterocycles. The van der Waals surface area contributed by atoms with Crippen LogP contribution < -0.4 is 5.73 Å². The lowest BCUT2D eigenvalue weighted by molar-refractivity contribution is -0.153. The van der Waals surface area contributed by atoms with Gasteiger partial charge in [0.15, 0.2) is 11.4 Å². The maximum Gasteiger partial charge on any atom is 0.417 e. The number of phenols is 1.